The molecule has 0 heterocycles. The van der Waals surface area contributed by atoms with E-state index in [0.717, 1.165) is 11.1 Å². The number of hydrogen-bond acceptors (Lipinski definition) is 8. The molecule has 0 aliphatic carbocycles. The molecule has 0 saturated heterocycles. The van der Waals surface area contributed by atoms with Crippen LogP contribution in [0.4, 0.5) is 0 Å². The maximum atomic E-state index is 11.3. The van der Waals surface area contributed by atoms with E-state index in [-0.39, 0.29) is 31.5 Å². The fourth-order valence-corrected chi connectivity index (χ4v) is 4.21. The first kappa shape index (κ1) is 31.5. The van der Waals surface area contributed by atoms with Crippen LogP contribution in [-0.2, 0) is 34.0 Å². The van der Waals surface area contributed by atoms with Gasteiger partial charge in [0.25, 0.3) is 0 Å². The standard InChI is InChI=1S/C27H31Cl3O8/c1-16(31)34-14-23(38-18(3)33)15-35-21-8-6-19(7-9-21)27(4,5)20-10-24(29)26(25(30)11-20)36-13-22(12-28)37-17(2)32/h6-11,22-23H,12-15H2,1-5H3. The minimum atomic E-state index is -0.730. The van der Waals surface area contributed by atoms with Gasteiger partial charge in [0.1, 0.15) is 31.7 Å². The molecule has 0 fully saturated rings. The molecule has 0 aliphatic rings. The summed E-state index contributed by atoms with van der Waals surface area (Å²) in [5.41, 5.74) is 1.31. The molecule has 11 heteroatoms. The number of rotatable bonds is 13. The minimum absolute atomic E-state index is 0.00587. The summed E-state index contributed by atoms with van der Waals surface area (Å²) in [7, 11) is 0. The van der Waals surface area contributed by atoms with E-state index in [2.05, 4.69) is 0 Å². The predicted octanol–water partition coefficient (Wildman–Crippen LogP) is 5.74. The third kappa shape index (κ3) is 9.57. The van der Waals surface area contributed by atoms with Crippen LogP contribution in [0, 0.1) is 0 Å². The van der Waals surface area contributed by atoms with Crippen LogP contribution in [0.2, 0.25) is 10.0 Å². The molecule has 0 amide bonds. The Morgan fingerprint density at radius 1 is 0.763 bits per heavy atom. The first-order valence-corrected chi connectivity index (χ1v) is 13.0. The molecular formula is C27H31Cl3O8. The largest absolute Gasteiger partial charge is 0.490 e. The highest BCUT2D eigenvalue weighted by atomic mass is 35.5. The number of halogens is 3. The maximum absolute atomic E-state index is 11.3. The molecule has 2 aromatic rings. The van der Waals surface area contributed by atoms with E-state index in [0.29, 0.717) is 15.8 Å². The molecule has 0 radical (unpaired) electrons. The molecule has 0 bridgehead atoms. The lowest BCUT2D eigenvalue weighted by atomic mass is 9.78. The molecule has 0 N–H and O–H groups in total. The van der Waals surface area contributed by atoms with Crippen LogP contribution in [0.1, 0.15) is 45.7 Å². The fraction of sp³-hybridized carbons (Fsp3) is 0.444. The van der Waals surface area contributed by atoms with E-state index in [1.165, 1.54) is 20.8 Å². The highest BCUT2D eigenvalue weighted by Crippen LogP contribution is 2.40. The van der Waals surface area contributed by atoms with Crippen molar-refractivity contribution >= 4 is 52.7 Å². The van der Waals surface area contributed by atoms with E-state index in [4.69, 9.17) is 58.5 Å². The van der Waals surface area contributed by atoms with Gasteiger partial charge in [0, 0.05) is 26.2 Å². The van der Waals surface area contributed by atoms with Crippen molar-refractivity contribution in [3.63, 3.8) is 0 Å². The van der Waals surface area contributed by atoms with E-state index in [1.54, 1.807) is 24.3 Å². The normalized spacial score (nSPS) is 12.7. The zero-order valence-electron chi connectivity index (χ0n) is 21.8. The lowest BCUT2D eigenvalue weighted by molar-refractivity contribution is -0.158. The van der Waals surface area contributed by atoms with Crippen LogP contribution in [-0.4, -0.2) is 55.8 Å². The summed E-state index contributed by atoms with van der Waals surface area (Å²) in [4.78, 5) is 33.6. The van der Waals surface area contributed by atoms with Gasteiger partial charge in [0.05, 0.1) is 15.9 Å². The van der Waals surface area contributed by atoms with Crippen LogP contribution < -0.4 is 9.47 Å². The second-order valence-corrected chi connectivity index (χ2v) is 10.1. The van der Waals surface area contributed by atoms with Gasteiger partial charge in [0.2, 0.25) is 0 Å². The average Bonchev–Trinajstić information content (AvgIpc) is 2.83. The molecule has 2 aromatic carbocycles. The van der Waals surface area contributed by atoms with Crippen LogP contribution in [0.25, 0.3) is 0 Å². The van der Waals surface area contributed by atoms with Gasteiger partial charge in [-0.25, -0.2) is 0 Å². The molecule has 2 atom stereocenters. The van der Waals surface area contributed by atoms with Gasteiger partial charge in [-0.1, -0.05) is 49.2 Å². The van der Waals surface area contributed by atoms with Crippen LogP contribution in [0.5, 0.6) is 11.5 Å². The average molecular weight is 590 g/mol. The summed E-state index contributed by atoms with van der Waals surface area (Å²) in [5.74, 6) is -0.553. The number of alkyl halides is 1. The summed E-state index contributed by atoms with van der Waals surface area (Å²) >= 11 is 18.8. The van der Waals surface area contributed by atoms with Crippen LogP contribution in [0.3, 0.4) is 0 Å². The fourth-order valence-electron chi connectivity index (χ4n) is 3.46. The molecule has 38 heavy (non-hydrogen) atoms. The summed E-state index contributed by atoms with van der Waals surface area (Å²) in [6.07, 6.45) is -1.37. The van der Waals surface area contributed by atoms with E-state index in [1.807, 2.05) is 26.0 Å². The van der Waals surface area contributed by atoms with Crippen molar-refractivity contribution in [2.75, 3.05) is 25.7 Å². The Hall–Kier alpha value is -2.68. The second kappa shape index (κ2) is 14.5. The van der Waals surface area contributed by atoms with Gasteiger partial charge >= 0.3 is 17.9 Å². The number of carbonyl (C=O) groups excluding carboxylic acids is 3. The summed E-state index contributed by atoms with van der Waals surface area (Å²) in [6, 6.07) is 10.9. The highest BCUT2D eigenvalue weighted by Gasteiger charge is 2.26. The van der Waals surface area contributed by atoms with Crippen molar-refractivity contribution in [3.8, 4) is 11.5 Å². The van der Waals surface area contributed by atoms with Crippen molar-refractivity contribution < 1.29 is 38.1 Å². The third-order valence-electron chi connectivity index (χ3n) is 5.46. The molecule has 0 saturated carbocycles. The molecule has 0 aromatic heterocycles. The molecule has 2 unspecified atom stereocenters. The summed E-state index contributed by atoms with van der Waals surface area (Å²) in [5, 5.41) is 0.613. The number of hydrogen-bond donors (Lipinski definition) is 0. The molecule has 8 nitrogen and oxygen atoms in total. The highest BCUT2D eigenvalue weighted by molar-refractivity contribution is 6.37. The number of ether oxygens (including phenoxy) is 5. The van der Waals surface area contributed by atoms with Gasteiger partial charge < -0.3 is 23.7 Å². The number of carbonyl (C=O) groups is 3. The minimum Gasteiger partial charge on any atom is -0.490 e. The van der Waals surface area contributed by atoms with Crippen molar-refractivity contribution in [3.05, 3.63) is 57.6 Å². The van der Waals surface area contributed by atoms with Crippen molar-refractivity contribution in [1.82, 2.24) is 0 Å². The van der Waals surface area contributed by atoms with E-state index in [9.17, 15) is 14.4 Å². The van der Waals surface area contributed by atoms with Gasteiger partial charge in [-0.15, -0.1) is 11.6 Å². The van der Waals surface area contributed by atoms with Crippen molar-refractivity contribution in [1.29, 1.82) is 0 Å². The topological polar surface area (TPSA) is 97.4 Å². The smallest absolute Gasteiger partial charge is 0.303 e. The Morgan fingerprint density at radius 3 is 1.79 bits per heavy atom. The molecule has 0 aliphatic heterocycles. The van der Waals surface area contributed by atoms with Crippen molar-refractivity contribution in [2.24, 2.45) is 0 Å². The van der Waals surface area contributed by atoms with E-state index >= 15 is 0 Å². The number of benzene rings is 2. The Balaban J connectivity index is 2.12. The molecule has 208 valence electrons. The van der Waals surface area contributed by atoms with Crippen molar-refractivity contribution in [2.45, 2.75) is 52.2 Å². The quantitative estimate of drug-likeness (QED) is 0.166. The molecular weight excluding hydrogens is 559 g/mol. The third-order valence-corrected chi connectivity index (χ3v) is 6.36. The second-order valence-electron chi connectivity index (χ2n) is 8.96. The Labute approximate surface area is 237 Å². The number of esters is 3. The zero-order chi connectivity index (χ0) is 28.5. The lowest BCUT2D eigenvalue weighted by Gasteiger charge is -2.27. The monoisotopic (exact) mass is 588 g/mol. The first-order chi connectivity index (χ1) is 17.8. The van der Waals surface area contributed by atoms with Gasteiger partial charge in [0.15, 0.2) is 11.9 Å². The lowest BCUT2D eigenvalue weighted by Crippen LogP contribution is -2.29. The van der Waals surface area contributed by atoms with Crippen LogP contribution >= 0.6 is 34.8 Å². The Morgan fingerprint density at radius 2 is 1.29 bits per heavy atom. The zero-order valence-corrected chi connectivity index (χ0v) is 24.1. The molecule has 0 spiro atoms. The van der Waals surface area contributed by atoms with Gasteiger partial charge in [-0.05, 0) is 35.4 Å². The SMILES string of the molecule is CC(=O)OCC(COc1ccc(C(C)(C)c2cc(Cl)c(OCC(CCl)OC(C)=O)c(Cl)c2)cc1)OC(C)=O. The molecule has 2 rings (SSSR count). The first-order valence-electron chi connectivity index (χ1n) is 11.7. The van der Waals surface area contributed by atoms with Gasteiger partial charge in [-0.3, -0.25) is 14.4 Å². The van der Waals surface area contributed by atoms with Gasteiger partial charge in [-0.2, -0.15) is 0 Å². The maximum Gasteiger partial charge on any atom is 0.303 e. The van der Waals surface area contributed by atoms with E-state index < -0.39 is 35.5 Å². The Bertz CT molecular complexity index is 1090. The van der Waals surface area contributed by atoms with Crippen LogP contribution in [0.15, 0.2) is 36.4 Å². The summed E-state index contributed by atoms with van der Waals surface area (Å²) in [6.45, 7) is 7.80. The summed E-state index contributed by atoms with van der Waals surface area (Å²) < 4.78 is 26.6. The Kier molecular flexibility index (Phi) is 12.0. The predicted molar refractivity (Wildman–Crippen MR) is 144 cm³/mol.